The third-order valence-electron chi connectivity index (χ3n) is 1.35. The first kappa shape index (κ1) is 11.1. The summed E-state index contributed by atoms with van der Waals surface area (Å²) in [5, 5.41) is 0. The fourth-order valence-corrected chi connectivity index (χ4v) is 2.11. The average Bonchev–Trinajstić information content (AvgIpc) is 2.50. The van der Waals surface area contributed by atoms with E-state index in [1.54, 1.807) is 6.20 Å². The third-order valence-corrected chi connectivity index (χ3v) is 2.95. The topological polar surface area (TPSA) is 101 Å². The summed E-state index contributed by atoms with van der Waals surface area (Å²) in [4.78, 5) is 6.55. The molecule has 0 aromatic carbocycles. The molecule has 1 heterocycles. The molecule has 4 N–H and O–H groups in total. The van der Waals surface area contributed by atoms with Crippen molar-refractivity contribution in [2.75, 3.05) is 5.75 Å². The van der Waals surface area contributed by atoms with E-state index >= 15 is 0 Å². The summed E-state index contributed by atoms with van der Waals surface area (Å²) in [7, 11) is -3.43. The zero-order chi connectivity index (χ0) is 10.6. The van der Waals surface area contributed by atoms with Crippen LogP contribution < -0.4 is 10.5 Å². The maximum absolute atomic E-state index is 11.2. The lowest BCUT2D eigenvalue weighted by Crippen LogP contribution is -2.32. The Morgan fingerprint density at radius 1 is 1.71 bits per heavy atom. The fraction of sp³-hybridized carbons (Fsp3) is 0.333. The maximum atomic E-state index is 11.2. The zero-order valence-electron chi connectivity index (χ0n) is 7.23. The van der Waals surface area contributed by atoms with E-state index in [4.69, 9.17) is 5.73 Å². The number of thiocarbonyl (C=S) groups is 1. The van der Waals surface area contributed by atoms with Gasteiger partial charge >= 0.3 is 0 Å². The number of aromatic nitrogens is 2. The second-order valence-electron chi connectivity index (χ2n) is 2.58. The van der Waals surface area contributed by atoms with Gasteiger partial charge in [0.25, 0.3) is 0 Å². The van der Waals surface area contributed by atoms with Gasteiger partial charge in [-0.15, -0.1) is 0 Å². The Balaban J connectivity index is 2.49. The van der Waals surface area contributed by atoms with Crippen molar-refractivity contribution in [2.45, 2.75) is 6.54 Å². The Morgan fingerprint density at radius 2 is 2.43 bits per heavy atom. The van der Waals surface area contributed by atoms with Crippen LogP contribution in [0, 0.1) is 0 Å². The molecule has 78 valence electrons. The van der Waals surface area contributed by atoms with Crippen molar-refractivity contribution in [3.63, 3.8) is 0 Å². The number of hydrogen-bond acceptors (Lipinski definition) is 4. The summed E-state index contributed by atoms with van der Waals surface area (Å²) in [6.07, 6.45) is 3.15. The van der Waals surface area contributed by atoms with E-state index in [9.17, 15) is 8.42 Å². The number of nitrogens with two attached hydrogens (primary N) is 1. The van der Waals surface area contributed by atoms with Crippen LogP contribution in [0.2, 0.25) is 0 Å². The molecule has 0 radical (unpaired) electrons. The molecule has 0 spiro atoms. The summed E-state index contributed by atoms with van der Waals surface area (Å²) in [5.74, 6) is 0.194. The lowest BCUT2D eigenvalue weighted by molar-refractivity contribution is 0.583. The van der Waals surface area contributed by atoms with Gasteiger partial charge in [-0.1, -0.05) is 12.2 Å². The molecule has 6 nitrogen and oxygen atoms in total. The number of H-pyrrole nitrogens is 1. The summed E-state index contributed by atoms with van der Waals surface area (Å²) >= 11 is 4.49. The monoisotopic (exact) mass is 234 g/mol. The molecule has 8 heteroatoms. The number of aromatic amines is 1. The van der Waals surface area contributed by atoms with Gasteiger partial charge in [0.2, 0.25) is 10.0 Å². The van der Waals surface area contributed by atoms with Crippen LogP contribution in [0.1, 0.15) is 5.82 Å². The number of rotatable bonds is 5. The van der Waals surface area contributed by atoms with Crippen LogP contribution in [0.4, 0.5) is 0 Å². The fourth-order valence-electron chi connectivity index (χ4n) is 0.811. The Hall–Kier alpha value is -0.990. The molecule has 1 aromatic rings. The van der Waals surface area contributed by atoms with E-state index in [1.165, 1.54) is 6.20 Å². The van der Waals surface area contributed by atoms with Crippen molar-refractivity contribution in [3.8, 4) is 0 Å². The molecular weight excluding hydrogens is 224 g/mol. The van der Waals surface area contributed by atoms with Gasteiger partial charge in [0, 0.05) is 12.4 Å². The van der Waals surface area contributed by atoms with Crippen LogP contribution in [-0.2, 0) is 16.6 Å². The Labute approximate surface area is 87.0 Å². The lowest BCUT2D eigenvalue weighted by atomic mass is 10.6. The summed E-state index contributed by atoms with van der Waals surface area (Å²) in [6, 6.07) is 0. The normalized spacial score (nSPS) is 11.4. The predicted octanol–water partition coefficient (Wildman–Crippen LogP) is -0.885. The molecule has 0 bridgehead atoms. The summed E-state index contributed by atoms with van der Waals surface area (Å²) < 4.78 is 24.7. The van der Waals surface area contributed by atoms with Crippen molar-refractivity contribution in [3.05, 3.63) is 18.2 Å². The number of nitrogens with zero attached hydrogens (tertiary/aromatic N) is 1. The highest BCUT2D eigenvalue weighted by Gasteiger charge is 2.11. The Kier molecular flexibility index (Phi) is 3.55. The highest BCUT2D eigenvalue weighted by atomic mass is 32.2. The molecule has 14 heavy (non-hydrogen) atoms. The minimum absolute atomic E-state index is 0.0584. The predicted molar refractivity (Wildman–Crippen MR) is 56.0 cm³/mol. The smallest absolute Gasteiger partial charge is 0.218 e. The molecule has 0 saturated carbocycles. The van der Waals surface area contributed by atoms with E-state index in [2.05, 4.69) is 26.9 Å². The SMILES string of the molecule is NC(=S)CS(=O)(=O)NCc1ncc[nH]1. The molecule has 0 aliphatic carbocycles. The quantitative estimate of drug-likeness (QED) is 0.574. The third kappa shape index (κ3) is 3.81. The number of imidazole rings is 1. The molecule has 1 aromatic heterocycles. The number of nitrogens with one attached hydrogen (secondary N) is 2. The minimum Gasteiger partial charge on any atom is -0.392 e. The van der Waals surface area contributed by atoms with E-state index in [0.29, 0.717) is 5.82 Å². The molecule has 0 aliphatic rings. The van der Waals surface area contributed by atoms with Gasteiger partial charge in [0.05, 0.1) is 11.5 Å². The first-order chi connectivity index (χ1) is 6.49. The highest BCUT2D eigenvalue weighted by Crippen LogP contribution is 1.91. The molecule has 0 saturated heterocycles. The van der Waals surface area contributed by atoms with E-state index in [0.717, 1.165) is 0 Å². The second kappa shape index (κ2) is 4.49. The van der Waals surface area contributed by atoms with E-state index in [1.807, 2.05) is 0 Å². The van der Waals surface area contributed by atoms with Gasteiger partial charge in [-0.3, -0.25) is 0 Å². The number of sulfonamides is 1. The lowest BCUT2D eigenvalue weighted by Gasteiger charge is -2.03. The Bertz CT molecular complexity index is 397. The average molecular weight is 234 g/mol. The minimum atomic E-state index is -3.43. The largest absolute Gasteiger partial charge is 0.392 e. The molecule has 0 atom stereocenters. The van der Waals surface area contributed by atoms with Crippen LogP contribution in [0.25, 0.3) is 0 Å². The van der Waals surface area contributed by atoms with Crippen molar-refractivity contribution in [1.82, 2.24) is 14.7 Å². The molecule has 0 amide bonds. The van der Waals surface area contributed by atoms with Crippen molar-refractivity contribution >= 4 is 27.2 Å². The van der Waals surface area contributed by atoms with Crippen molar-refractivity contribution in [2.24, 2.45) is 5.73 Å². The van der Waals surface area contributed by atoms with Gasteiger partial charge < -0.3 is 10.7 Å². The zero-order valence-corrected chi connectivity index (χ0v) is 8.86. The summed E-state index contributed by atoms with van der Waals surface area (Å²) in [6.45, 7) is 0.109. The number of hydrogen-bond donors (Lipinski definition) is 3. The highest BCUT2D eigenvalue weighted by molar-refractivity contribution is 7.92. The molecular formula is C6H10N4O2S2. The van der Waals surface area contributed by atoms with Gasteiger partial charge in [-0.05, 0) is 0 Å². The van der Waals surface area contributed by atoms with Crippen LogP contribution >= 0.6 is 12.2 Å². The van der Waals surface area contributed by atoms with Gasteiger partial charge in [-0.25, -0.2) is 18.1 Å². The second-order valence-corrected chi connectivity index (χ2v) is 4.91. The van der Waals surface area contributed by atoms with E-state index < -0.39 is 10.0 Å². The first-order valence-electron chi connectivity index (χ1n) is 3.73. The van der Waals surface area contributed by atoms with Crippen molar-refractivity contribution < 1.29 is 8.42 Å². The van der Waals surface area contributed by atoms with Crippen LogP contribution in [-0.4, -0.2) is 29.1 Å². The molecule has 0 fully saturated rings. The van der Waals surface area contributed by atoms with Crippen LogP contribution in [0.3, 0.4) is 0 Å². The molecule has 1 rings (SSSR count). The van der Waals surface area contributed by atoms with Gasteiger partial charge in [0.15, 0.2) is 0 Å². The van der Waals surface area contributed by atoms with Crippen molar-refractivity contribution in [1.29, 1.82) is 0 Å². The first-order valence-corrected chi connectivity index (χ1v) is 5.79. The maximum Gasteiger partial charge on any atom is 0.218 e. The van der Waals surface area contributed by atoms with Crippen LogP contribution in [0.15, 0.2) is 12.4 Å². The van der Waals surface area contributed by atoms with Crippen LogP contribution in [0.5, 0.6) is 0 Å². The van der Waals surface area contributed by atoms with E-state index in [-0.39, 0.29) is 17.3 Å². The van der Waals surface area contributed by atoms with Gasteiger partial charge in [0.1, 0.15) is 11.6 Å². The van der Waals surface area contributed by atoms with Gasteiger partial charge in [-0.2, -0.15) is 0 Å². The summed E-state index contributed by atoms with van der Waals surface area (Å²) in [5.41, 5.74) is 5.12. The standard InChI is InChI=1S/C6H10N4O2S2/c7-5(13)4-14(11,12)10-3-6-8-1-2-9-6/h1-2,10H,3-4H2,(H2,7,13)(H,8,9). The molecule has 0 unspecified atom stereocenters. The Morgan fingerprint density at radius 3 is 2.93 bits per heavy atom. The molecule has 0 aliphatic heterocycles.